The van der Waals surface area contributed by atoms with Crippen molar-refractivity contribution in [2.24, 2.45) is 0 Å². The normalized spacial score (nSPS) is 13.8. The zero-order valence-electron chi connectivity index (χ0n) is 19.1. The molecule has 1 aliphatic rings. The topological polar surface area (TPSA) is 93.0 Å². The molecule has 8 nitrogen and oxygen atoms in total. The smallest absolute Gasteiger partial charge is 0.263 e. The van der Waals surface area contributed by atoms with Crippen molar-refractivity contribution in [1.29, 1.82) is 0 Å². The molecule has 3 aromatic heterocycles. The Morgan fingerprint density at radius 3 is 2.59 bits per heavy atom. The molecule has 0 radical (unpaired) electrons. The number of nitrogens with zero attached hydrogens (tertiary/aromatic N) is 5. The summed E-state index contributed by atoms with van der Waals surface area (Å²) in [6.07, 6.45) is 4.17. The maximum Gasteiger partial charge on any atom is 0.263 e. The van der Waals surface area contributed by atoms with E-state index in [-0.39, 0.29) is 23.9 Å². The summed E-state index contributed by atoms with van der Waals surface area (Å²) >= 11 is 3.01. The number of anilines is 1. The first-order valence-electron chi connectivity index (χ1n) is 11.3. The molecule has 0 bridgehead atoms. The molecule has 0 spiro atoms. The number of carbonyl (C=O) groups excluding carboxylic acids is 1. The Hall–Kier alpha value is -2.17. The van der Waals surface area contributed by atoms with Crippen LogP contribution in [0.2, 0.25) is 0 Å². The molecule has 3 aromatic rings. The highest BCUT2D eigenvalue weighted by molar-refractivity contribution is 7.18. The van der Waals surface area contributed by atoms with Crippen molar-refractivity contribution >= 4 is 43.9 Å². The molecule has 1 amide bonds. The molecule has 0 aliphatic heterocycles. The Morgan fingerprint density at radius 1 is 1.16 bits per heavy atom. The van der Waals surface area contributed by atoms with E-state index in [1.807, 2.05) is 13.8 Å². The number of amides is 1. The summed E-state index contributed by atoms with van der Waals surface area (Å²) in [4.78, 5) is 35.7. The number of fused-ring (bicyclic) bond motifs is 3. The third kappa shape index (κ3) is 4.62. The summed E-state index contributed by atoms with van der Waals surface area (Å²) in [5, 5.41) is 13.0. The Labute approximate surface area is 195 Å². The molecular weight excluding hydrogens is 444 g/mol. The van der Waals surface area contributed by atoms with Crippen LogP contribution in [0.3, 0.4) is 0 Å². The van der Waals surface area contributed by atoms with E-state index in [0.29, 0.717) is 22.9 Å². The molecule has 172 valence electrons. The Balaban J connectivity index is 1.70. The van der Waals surface area contributed by atoms with Crippen LogP contribution in [-0.2, 0) is 30.7 Å². The van der Waals surface area contributed by atoms with Gasteiger partial charge in [-0.1, -0.05) is 39.0 Å². The van der Waals surface area contributed by atoms with Crippen LogP contribution in [0.1, 0.15) is 67.7 Å². The first-order valence-corrected chi connectivity index (χ1v) is 12.9. The van der Waals surface area contributed by atoms with E-state index in [9.17, 15) is 9.59 Å². The van der Waals surface area contributed by atoms with Crippen LogP contribution in [-0.4, -0.2) is 43.6 Å². The quantitative estimate of drug-likeness (QED) is 0.534. The lowest BCUT2D eigenvalue weighted by atomic mass is 9.97. The van der Waals surface area contributed by atoms with Crippen LogP contribution in [0, 0.1) is 0 Å². The molecule has 0 fully saturated rings. The molecule has 0 saturated heterocycles. The van der Waals surface area contributed by atoms with Gasteiger partial charge in [-0.15, -0.1) is 21.5 Å². The average molecular weight is 475 g/mol. The number of rotatable bonds is 8. The molecule has 0 atom stereocenters. The van der Waals surface area contributed by atoms with Crippen molar-refractivity contribution in [1.82, 2.24) is 24.6 Å². The van der Waals surface area contributed by atoms with Crippen molar-refractivity contribution < 1.29 is 4.79 Å². The summed E-state index contributed by atoms with van der Waals surface area (Å²) in [6, 6.07) is 0. The predicted molar refractivity (Wildman–Crippen MR) is 130 cm³/mol. The van der Waals surface area contributed by atoms with E-state index in [0.717, 1.165) is 54.2 Å². The second-order valence-corrected chi connectivity index (χ2v) is 10.5. The summed E-state index contributed by atoms with van der Waals surface area (Å²) in [5.74, 6) is 0.600. The highest BCUT2D eigenvalue weighted by atomic mass is 32.1. The number of carbonyl (C=O) groups is 1. The van der Waals surface area contributed by atoms with Gasteiger partial charge in [-0.05, 0) is 44.3 Å². The van der Waals surface area contributed by atoms with Crippen molar-refractivity contribution in [2.75, 3.05) is 18.4 Å². The highest BCUT2D eigenvalue weighted by Crippen LogP contribution is 2.34. The van der Waals surface area contributed by atoms with Crippen LogP contribution in [0.25, 0.3) is 10.2 Å². The monoisotopic (exact) mass is 474 g/mol. The van der Waals surface area contributed by atoms with Crippen LogP contribution >= 0.6 is 22.7 Å². The predicted octanol–water partition coefficient (Wildman–Crippen LogP) is 3.79. The van der Waals surface area contributed by atoms with E-state index in [4.69, 9.17) is 4.98 Å². The van der Waals surface area contributed by atoms with Crippen molar-refractivity contribution in [2.45, 2.75) is 72.4 Å². The third-order valence-electron chi connectivity index (χ3n) is 5.90. The largest absolute Gasteiger partial charge is 0.299 e. The molecule has 0 saturated carbocycles. The molecular formula is C22H30N6O2S2. The maximum atomic E-state index is 13.6. The van der Waals surface area contributed by atoms with Crippen LogP contribution in [0.15, 0.2) is 4.79 Å². The molecule has 1 N–H and O–H groups in total. The second kappa shape index (κ2) is 9.76. The molecule has 3 heterocycles. The first-order chi connectivity index (χ1) is 15.4. The van der Waals surface area contributed by atoms with Gasteiger partial charge in [-0.2, -0.15) is 0 Å². The number of hydrogen-bond donors (Lipinski definition) is 1. The third-order valence-corrected chi connectivity index (χ3v) is 8.22. The summed E-state index contributed by atoms with van der Waals surface area (Å²) in [6.45, 7) is 10.4. The molecule has 10 heteroatoms. The summed E-state index contributed by atoms with van der Waals surface area (Å²) in [5.41, 5.74) is 1.04. The van der Waals surface area contributed by atoms with Crippen molar-refractivity contribution in [3.63, 3.8) is 0 Å². The van der Waals surface area contributed by atoms with Gasteiger partial charge in [0.2, 0.25) is 11.0 Å². The molecule has 1 aliphatic carbocycles. The Morgan fingerprint density at radius 2 is 1.91 bits per heavy atom. The van der Waals surface area contributed by atoms with Gasteiger partial charge >= 0.3 is 0 Å². The number of hydrogen-bond acceptors (Lipinski definition) is 8. The van der Waals surface area contributed by atoms with Gasteiger partial charge in [0.15, 0.2) is 0 Å². The van der Waals surface area contributed by atoms with Gasteiger partial charge in [-0.25, -0.2) is 4.98 Å². The lowest BCUT2D eigenvalue weighted by molar-refractivity contribution is -0.116. The van der Waals surface area contributed by atoms with Crippen LogP contribution < -0.4 is 10.9 Å². The summed E-state index contributed by atoms with van der Waals surface area (Å²) < 4.78 is 1.56. The van der Waals surface area contributed by atoms with Crippen LogP contribution in [0.4, 0.5) is 5.13 Å². The highest BCUT2D eigenvalue weighted by Gasteiger charge is 2.23. The minimum absolute atomic E-state index is 0.0837. The fraction of sp³-hybridized carbons (Fsp3) is 0.591. The molecule has 4 rings (SSSR count). The number of aromatic nitrogens is 4. The number of thiophene rings is 1. The molecule has 0 aromatic carbocycles. The van der Waals surface area contributed by atoms with Gasteiger partial charge in [0, 0.05) is 10.8 Å². The average Bonchev–Trinajstić information content (AvgIpc) is 3.38. The fourth-order valence-electron chi connectivity index (χ4n) is 4.03. The Kier molecular flexibility index (Phi) is 7.02. The number of aryl methyl sites for hydroxylation is 2. The lowest BCUT2D eigenvalue weighted by Crippen LogP contribution is -2.34. The van der Waals surface area contributed by atoms with Gasteiger partial charge in [0.05, 0.1) is 11.9 Å². The minimum Gasteiger partial charge on any atom is -0.299 e. The van der Waals surface area contributed by atoms with Crippen molar-refractivity contribution in [3.05, 3.63) is 31.6 Å². The molecule has 32 heavy (non-hydrogen) atoms. The minimum atomic E-state index is -0.287. The van der Waals surface area contributed by atoms with E-state index >= 15 is 0 Å². The maximum absolute atomic E-state index is 13.6. The van der Waals surface area contributed by atoms with Gasteiger partial charge in [0.25, 0.3) is 5.56 Å². The summed E-state index contributed by atoms with van der Waals surface area (Å²) in [7, 11) is 0. The van der Waals surface area contributed by atoms with E-state index in [1.165, 1.54) is 16.2 Å². The van der Waals surface area contributed by atoms with Crippen molar-refractivity contribution in [3.8, 4) is 0 Å². The SMILES string of the molecule is CCN(CC)Cc1nc2sc3c(c2c(=O)n1CC(=O)Nc1nnc(C(C)C)s1)CCCC3. The zero-order chi connectivity index (χ0) is 22.8. The Bertz CT molecular complexity index is 1180. The van der Waals surface area contributed by atoms with E-state index < -0.39 is 0 Å². The first kappa shape index (κ1) is 23.0. The second-order valence-electron chi connectivity index (χ2n) is 8.42. The number of nitrogens with one attached hydrogen (secondary N) is 1. The fourth-order valence-corrected chi connectivity index (χ4v) is 6.06. The van der Waals surface area contributed by atoms with E-state index in [1.54, 1.807) is 15.9 Å². The van der Waals surface area contributed by atoms with Gasteiger partial charge < -0.3 is 0 Å². The molecule has 0 unspecified atom stereocenters. The zero-order valence-corrected chi connectivity index (χ0v) is 20.7. The lowest BCUT2D eigenvalue weighted by Gasteiger charge is -2.20. The van der Waals surface area contributed by atoms with Gasteiger partial charge in [0.1, 0.15) is 22.2 Å². The standard InChI is InChI=1S/C22H30N6O2S2/c1-5-27(6-2)11-16-23-20-18(14-9-7-8-10-15(14)31-20)21(30)28(16)12-17(29)24-22-26-25-19(32-22)13(3)4/h13H,5-12H2,1-4H3,(H,24,26,29). The van der Waals surface area contributed by atoms with Gasteiger partial charge in [-0.3, -0.25) is 24.4 Å². The van der Waals surface area contributed by atoms with E-state index in [2.05, 4.69) is 34.3 Å². The van der Waals surface area contributed by atoms with Crippen LogP contribution in [0.5, 0.6) is 0 Å².